The Hall–Kier alpha value is -3.65. The molecule has 1 heterocycles. The number of aryl methyl sites for hydroxylation is 3. The summed E-state index contributed by atoms with van der Waals surface area (Å²) in [5, 5.41) is 0. The average Bonchev–Trinajstić information content (AvgIpc) is 3.38. The molecule has 2 atom stereocenters. The zero-order valence-corrected chi connectivity index (χ0v) is 28.2. The van der Waals surface area contributed by atoms with Crippen molar-refractivity contribution in [2.45, 2.75) is 72.5 Å². The minimum Gasteiger partial charge on any atom is -0.476 e. The molecule has 8 heteroatoms. The summed E-state index contributed by atoms with van der Waals surface area (Å²) in [5.74, 6) is 0.336. The van der Waals surface area contributed by atoms with Crippen LogP contribution in [-0.2, 0) is 16.0 Å². The Balaban J connectivity index is 1.50. The molecule has 44 heavy (non-hydrogen) atoms. The largest absolute Gasteiger partial charge is 0.476 e. The van der Waals surface area contributed by atoms with Crippen LogP contribution in [0.4, 0.5) is 4.79 Å². The predicted molar refractivity (Wildman–Crippen MR) is 174 cm³/mol. The number of Topliss-reactive ketones (excluding diaryl/α,β-unsaturated/α-hetero) is 1. The van der Waals surface area contributed by atoms with Crippen LogP contribution in [0.3, 0.4) is 0 Å². The van der Waals surface area contributed by atoms with Gasteiger partial charge in [0.2, 0.25) is 0 Å². The van der Waals surface area contributed by atoms with Crippen LogP contribution in [0.5, 0.6) is 11.5 Å². The van der Waals surface area contributed by atoms with Crippen molar-refractivity contribution in [3.8, 4) is 11.5 Å². The summed E-state index contributed by atoms with van der Waals surface area (Å²) < 4.78 is 18.3. The molecule has 0 saturated carbocycles. The minimum atomic E-state index is -1.16. The van der Waals surface area contributed by atoms with Gasteiger partial charge in [-0.25, -0.2) is 9.59 Å². The number of esters is 1. The quantitative estimate of drug-likeness (QED) is 0.170. The maximum atomic E-state index is 13.7. The van der Waals surface area contributed by atoms with E-state index in [0.29, 0.717) is 43.0 Å². The summed E-state index contributed by atoms with van der Waals surface area (Å²) in [4.78, 5) is 41.2. The first-order chi connectivity index (χ1) is 20.6. The third-order valence-electron chi connectivity index (χ3n) is 7.68. The van der Waals surface area contributed by atoms with Crippen molar-refractivity contribution in [3.05, 3.63) is 93.5 Å². The highest BCUT2D eigenvalue weighted by Gasteiger charge is 2.40. The summed E-state index contributed by atoms with van der Waals surface area (Å²) in [5.41, 5.74) is 1.78. The molecule has 0 spiro atoms. The van der Waals surface area contributed by atoms with Crippen LogP contribution >= 0.6 is 15.9 Å². The van der Waals surface area contributed by atoms with Crippen molar-refractivity contribution in [1.82, 2.24) is 4.90 Å². The average molecular weight is 665 g/mol. The van der Waals surface area contributed by atoms with Gasteiger partial charge in [-0.3, -0.25) is 4.79 Å². The minimum absolute atomic E-state index is 0.0259. The van der Waals surface area contributed by atoms with Gasteiger partial charge >= 0.3 is 12.1 Å². The molecular formula is C36H42BrNO6. The molecule has 4 rings (SSSR count). The second-order valence-electron chi connectivity index (χ2n) is 13.0. The number of amides is 1. The number of benzene rings is 3. The van der Waals surface area contributed by atoms with Crippen molar-refractivity contribution in [2.24, 2.45) is 11.8 Å². The molecule has 0 aliphatic carbocycles. The molecule has 7 nitrogen and oxygen atoms in total. The summed E-state index contributed by atoms with van der Waals surface area (Å²) in [6, 6.07) is 20.4. The van der Waals surface area contributed by atoms with Gasteiger partial charge in [-0.2, -0.15) is 0 Å². The number of halogens is 1. The molecule has 3 aromatic carbocycles. The number of rotatable bonds is 9. The Morgan fingerprint density at radius 3 is 2.09 bits per heavy atom. The summed E-state index contributed by atoms with van der Waals surface area (Å²) in [6.07, 6.45) is 0.978. The Kier molecular flexibility index (Phi) is 10.2. The molecule has 234 valence electrons. The van der Waals surface area contributed by atoms with E-state index in [1.807, 2.05) is 77.1 Å². The van der Waals surface area contributed by atoms with Gasteiger partial charge in [-0.15, -0.1) is 0 Å². The smallest absolute Gasteiger partial charge is 0.415 e. The van der Waals surface area contributed by atoms with Crippen LogP contribution < -0.4 is 9.47 Å². The number of ketones is 1. The number of hydrogen-bond donors (Lipinski definition) is 0. The highest BCUT2D eigenvalue weighted by molar-refractivity contribution is 9.10. The van der Waals surface area contributed by atoms with Crippen LogP contribution in [0.2, 0.25) is 0 Å². The summed E-state index contributed by atoms with van der Waals surface area (Å²) in [6.45, 7) is 13.6. The van der Waals surface area contributed by atoms with Gasteiger partial charge in [0, 0.05) is 29.0 Å². The monoisotopic (exact) mass is 663 g/mol. The maximum Gasteiger partial charge on any atom is 0.415 e. The van der Waals surface area contributed by atoms with Gasteiger partial charge in [0.05, 0.1) is 0 Å². The third-order valence-corrected chi connectivity index (χ3v) is 8.21. The molecule has 1 unspecified atom stereocenters. The lowest BCUT2D eigenvalue weighted by Gasteiger charge is -2.30. The Morgan fingerprint density at radius 1 is 0.886 bits per heavy atom. The zero-order chi connectivity index (χ0) is 32.2. The fourth-order valence-electron chi connectivity index (χ4n) is 5.49. The first-order valence-electron chi connectivity index (χ1n) is 15.0. The normalized spacial score (nSPS) is 16.9. The van der Waals surface area contributed by atoms with Gasteiger partial charge in [0.1, 0.15) is 17.1 Å². The Labute approximate surface area is 269 Å². The van der Waals surface area contributed by atoms with E-state index in [-0.39, 0.29) is 17.6 Å². The lowest BCUT2D eigenvalue weighted by atomic mass is 9.84. The molecule has 0 aromatic heterocycles. The summed E-state index contributed by atoms with van der Waals surface area (Å²) >= 11 is 3.44. The van der Waals surface area contributed by atoms with E-state index in [2.05, 4.69) is 28.1 Å². The number of para-hydroxylation sites is 1. The fraction of sp³-hybridized carbons (Fsp3) is 0.417. The van der Waals surface area contributed by atoms with Crippen molar-refractivity contribution in [3.63, 3.8) is 0 Å². The molecule has 0 bridgehead atoms. The maximum absolute atomic E-state index is 13.7. The van der Waals surface area contributed by atoms with Crippen molar-refractivity contribution < 1.29 is 28.6 Å². The molecule has 0 N–H and O–H groups in total. The second-order valence-corrected chi connectivity index (χ2v) is 14.0. The Morgan fingerprint density at radius 2 is 1.50 bits per heavy atom. The SMILES string of the molecule is Cc1cc(CC[C@H]2CN(C(=O)Oc3ccccc3)CC2C(=O)c2ccc(Br)cc2)cc(C)c1OC(C)(C)C(=O)OC(C)(C)C. The van der Waals surface area contributed by atoms with Crippen LogP contribution in [0.15, 0.2) is 71.2 Å². The number of carbonyl (C=O) groups is 3. The van der Waals surface area contributed by atoms with Crippen LogP contribution in [0.1, 0.15) is 68.1 Å². The molecule has 1 fully saturated rings. The molecule has 1 aliphatic rings. The summed E-state index contributed by atoms with van der Waals surface area (Å²) in [7, 11) is 0. The van der Waals surface area contributed by atoms with E-state index in [1.54, 1.807) is 30.9 Å². The van der Waals surface area contributed by atoms with E-state index >= 15 is 0 Å². The van der Waals surface area contributed by atoms with Crippen molar-refractivity contribution in [1.29, 1.82) is 0 Å². The first kappa shape index (κ1) is 33.2. The van der Waals surface area contributed by atoms with Crippen LogP contribution in [-0.4, -0.2) is 47.0 Å². The van der Waals surface area contributed by atoms with E-state index < -0.39 is 23.3 Å². The first-order valence-corrected chi connectivity index (χ1v) is 15.8. The number of ether oxygens (including phenoxy) is 3. The van der Waals surface area contributed by atoms with E-state index in [9.17, 15) is 14.4 Å². The zero-order valence-electron chi connectivity index (χ0n) is 26.6. The van der Waals surface area contributed by atoms with Gasteiger partial charge in [0.25, 0.3) is 0 Å². The molecule has 1 aliphatic heterocycles. The van der Waals surface area contributed by atoms with E-state index in [1.165, 1.54) is 0 Å². The van der Waals surface area contributed by atoms with E-state index in [0.717, 1.165) is 21.2 Å². The molecule has 3 aromatic rings. The number of carbonyl (C=O) groups excluding carboxylic acids is 3. The van der Waals surface area contributed by atoms with Gasteiger partial charge in [-0.05, 0) is 108 Å². The number of hydrogen-bond acceptors (Lipinski definition) is 6. The second kappa shape index (κ2) is 13.6. The Bertz CT molecular complexity index is 1470. The number of likely N-dealkylation sites (tertiary alicyclic amines) is 1. The van der Waals surface area contributed by atoms with Crippen molar-refractivity contribution >= 4 is 33.8 Å². The molecule has 1 amide bonds. The molecule has 1 saturated heterocycles. The van der Waals surface area contributed by atoms with Gasteiger partial charge in [-0.1, -0.05) is 58.4 Å². The molecular weight excluding hydrogens is 622 g/mol. The predicted octanol–water partition coefficient (Wildman–Crippen LogP) is 8.13. The highest BCUT2D eigenvalue weighted by atomic mass is 79.9. The van der Waals surface area contributed by atoms with Crippen LogP contribution in [0, 0.1) is 25.7 Å². The van der Waals surface area contributed by atoms with E-state index in [4.69, 9.17) is 14.2 Å². The lowest BCUT2D eigenvalue weighted by molar-refractivity contribution is -0.171. The third kappa shape index (κ3) is 8.50. The topological polar surface area (TPSA) is 82.1 Å². The highest BCUT2D eigenvalue weighted by Crippen LogP contribution is 2.34. The standard InChI is InChI=1S/C36H42BrNO6/c1-23-19-25(20-24(2)32(23)43-36(6,7)33(40)44-35(3,4)5)13-14-27-21-38(34(41)42-29-11-9-8-10-12-29)22-30(27)31(39)26-15-17-28(37)18-16-26/h8-12,15-20,27,30H,13-14,21-22H2,1-7H3/t27-,30?/m0/s1. The lowest BCUT2D eigenvalue weighted by Crippen LogP contribution is -2.43. The van der Waals surface area contributed by atoms with Crippen molar-refractivity contribution in [2.75, 3.05) is 13.1 Å². The number of nitrogens with zero attached hydrogens (tertiary/aromatic N) is 1. The van der Waals surface area contributed by atoms with Crippen LogP contribution in [0.25, 0.3) is 0 Å². The van der Waals surface area contributed by atoms with Gasteiger partial charge < -0.3 is 19.1 Å². The fourth-order valence-corrected chi connectivity index (χ4v) is 5.75. The molecule has 0 radical (unpaired) electrons. The van der Waals surface area contributed by atoms with Gasteiger partial charge in [0.15, 0.2) is 11.4 Å².